The standard InChI is InChI=1S/C22H24N2O6S/c1-3-9-30-17-8-7-15(11-18(17)28-4-2)12-19-21(26)24(22(27)31-19)14-20(25)23-13-16-6-5-10-29-16/h1,7-8,11-12,16H,4-6,9-10,13-14H2,2H3,(H,23,25)/b19-12-/t16-/m0/s1. The molecule has 2 heterocycles. The van der Waals surface area contributed by atoms with E-state index in [0.29, 0.717) is 36.8 Å². The Morgan fingerprint density at radius 3 is 2.94 bits per heavy atom. The molecule has 0 aromatic heterocycles. The summed E-state index contributed by atoms with van der Waals surface area (Å²) in [5.41, 5.74) is 0.657. The van der Waals surface area contributed by atoms with Crippen LogP contribution in [0, 0.1) is 12.3 Å². The van der Waals surface area contributed by atoms with Crippen molar-refractivity contribution in [3.8, 4) is 23.8 Å². The summed E-state index contributed by atoms with van der Waals surface area (Å²) in [7, 11) is 0. The molecule has 164 valence electrons. The second-order valence-electron chi connectivity index (χ2n) is 6.84. The SMILES string of the molecule is C#CCOc1ccc(/C=C2\SC(=O)N(CC(=O)NC[C@@H]3CCCO3)C2=O)cc1OCC. The van der Waals surface area contributed by atoms with E-state index < -0.39 is 17.1 Å². The summed E-state index contributed by atoms with van der Waals surface area (Å²) < 4.78 is 16.5. The second-order valence-corrected chi connectivity index (χ2v) is 7.83. The Morgan fingerprint density at radius 2 is 2.23 bits per heavy atom. The van der Waals surface area contributed by atoms with Crippen LogP contribution >= 0.6 is 11.8 Å². The minimum absolute atomic E-state index is 0.00844. The van der Waals surface area contributed by atoms with Crippen molar-refractivity contribution in [2.75, 3.05) is 32.9 Å². The van der Waals surface area contributed by atoms with E-state index in [4.69, 9.17) is 20.6 Å². The summed E-state index contributed by atoms with van der Waals surface area (Å²) in [5, 5.41) is 2.23. The minimum Gasteiger partial charge on any atom is -0.490 e. The normalized spacial score (nSPS) is 19.5. The van der Waals surface area contributed by atoms with E-state index in [-0.39, 0.29) is 24.2 Å². The van der Waals surface area contributed by atoms with E-state index in [9.17, 15) is 14.4 Å². The highest BCUT2D eigenvalue weighted by Crippen LogP contribution is 2.34. The van der Waals surface area contributed by atoms with Crippen LogP contribution in [0.3, 0.4) is 0 Å². The van der Waals surface area contributed by atoms with Crippen molar-refractivity contribution < 1.29 is 28.6 Å². The molecule has 31 heavy (non-hydrogen) atoms. The molecule has 1 N–H and O–H groups in total. The fraction of sp³-hybridized carbons (Fsp3) is 0.409. The first kappa shape index (κ1) is 22.7. The summed E-state index contributed by atoms with van der Waals surface area (Å²) in [6.07, 6.45) is 8.66. The van der Waals surface area contributed by atoms with Crippen molar-refractivity contribution in [1.82, 2.24) is 10.2 Å². The molecule has 1 aromatic carbocycles. The number of rotatable bonds is 9. The number of hydrogen-bond donors (Lipinski definition) is 1. The van der Waals surface area contributed by atoms with Gasteiger partial charge in [0.15, 0.2) is 11.5 Å². The number of hydrogen-bond acceptors (Lipinski definition) is 7. The lowest BCUT2D eigenvalue weighted by Gasteiger charge is -2.14. The highest BCUT2D eigenvalue weighted by atomic mass is 32.2. The molecular weight excluding hydrogens is 420 g/mol. The minimum atomic E-state index is -0.507. The average Bonchev–Trinajstić information content (AvgIpc) is 3.36. The van der Waals surface area contributed by atoms with Gasteiger partial charge in [-0.05, 0) is 55.3 Å². The van der Waals surface area contributed by atoms with Gasteiger partial charge >= 0.3 is 0 Å². The van der Waals surface area contributed by atoms with Gasteiger partial charge in [0.1, 0.15) is 13.2 Å². The summed E-state index contributed by atoms with van der Waals surface area (Å²) in [6, 6.07) is 5.13. The maximum Gasteiger partial charge on any atom is 0.294 e. The molecule has 2 fully saturated rings. The van der Waals surface area contributed by atoms with Crippen LogP contribution in [0.15, 0.2) is 23.1 Å². The van der Waals surface area contributed by atoms with Gasteiger partial charge < -0.3 is 19.5 Å². The molecule has 1 aromatic rings. The van der Waals surface area contributed by atoms with Crippen molar-refractivity contribution in [2.45, 2.75) is 25.9 Å². The molecule has 3 amide bonds. The third kappa shape index (κ3) is 6.03. The fourth-order valence-electron chi connectivity index (χ4n) is 3.14. The van der Waals surface area contributed by atoms with Gasteiger partial charge in [-0.2, -0.15) is 0 Å². The molecule has 2 aliphatic rings. The largest absolute Gasteiger partial charge is 0.490 e. The molecule has 2 aliphatic heterocycles. The van der Waals surface area contributed by atoms with Gasteiger partial charge in [0, 0.05) is 13.2 Å². The van der Waals surface area contributed by atoms with E-state index in [0.717, 1.165) is 29.5 Å². The Bertz CT molecular complexity index is 917. The molecule has 9 heteroatoms. The molecule has 0 radical (unpaired) electrons. The van der Waals surface area contributed by atoms with Crippen molar-refractivity contribution in [3.05, 3.63) is 28.7 Å². The number of ether oxygens (including phenoxy) is 3. The number of amides is 3. The number of imide groups is 1. The van der Waals surface area contributed by atoms with Crippen molar-refractivity contribution in [3.63, 3.8) is 0 Å². The predicted molar refractivity (Wildman–Crippen MR) is 117 cm³/mol. The summed E-state index contributed by atoms with van der Waals surface area (Å²) in [5.74, 6) is 2.47. The molecule has 8 nitrogen and oxygen atoms in total. The van der Waals surface area contributed by atoms with Crippen LogP contribution in [0.5, 0.6) is 11.5 Å². The zero-order valence-electron chi connectivity index (χ0n) is 17.2. The molecular formula is C22H24N2O6S. The monoisotopic (exact) mass is 444 g/mol. The summed E-state index contributed by atoms with van der Waals surface area (Å²) in [4.78, 5) is 38.3. The van der Waals surface area contributed by atoms with Crippen LogP contribution in [0.25, 0.3) is 6.08 Å². The lowest BCUT2D eigenvalue weighted by Crippen LogP contribution is -2.41. The summed E-state index contributed by atoms with van der Waals surface area (Å²) in [6.45, 7) is 3.11. The van der Waals surface area contributed by atoms with Gasteiger partial charge in [0.2, 0.25) is 5.91 Å². The molecule has 0 spiro atoms. The van der Waals surface area contributed by atoms with E-state index in [1.165, 1.54) is 0 Å². The van der Waals surface area contributed by atoms with Gasteiger partial charge in [-0.15, -0.1) is 6.42 Å². The first-order valence-electron chi connectivity index (χ1n) is 9.98. The van der Waals surface area contributed by atoms with Gasteiger partial charge in [0.25, 0.3) is 11.1 Å². The van der Waals surface area contributed by atoms with Crippen LogP contribution in [0.4, 0.5) is 4.79 Å². The van der Waals surface area contributed by atoms with Gasteiger partial charge in [-0.3, -0.25) is 19.3 Å². The Balaban J connectivity index is 1.65. The van der Waals surface area contributed by atoms with Gasteiger partial charge in [-0.1, -0.05) is 12.0 Å². The number of nitrogens with zero attached hydrogens (tertiary/aromatic N) is 1. The van der Waals surface area contributed by atoms with E-state index >= 15 is 0 Å². The highest BCUT2D eigenvalue weighted by molar-refractivity contribution is 8.18. The van der Waals surface area contributed by atoms with Crippen LogP contribution in [-0.4, -0.2) is 61.0 Å². The maximum atomic E-state index is 12.7. The highest BCUT2D eigenvalue weighted by Gasteiger charge is 2.36. The third-order valence-corrected chi connectivity index (χ3v) is 5.51. The molecule has 1 atom stereocenters. The molecule has 2 saturated heterocycles. The number of benzene rings is 1. The van der Waals surface area contributed by atoms with Crippen molar-refractivity contribution >= 4 is 34.9 Å². The average molecular weight is 445 g/mol. The fourth-order valence-corrected chi connectivity index (χ4v) is 3.98. The van der Waals surface area contributed by atoms with Crippen LogP contribution < -0.4 is 14.8 Å². The van der Waals surface area contributed by atoms with Crippen LogP contribution in [-0.2, 0) is 14.3 Å². The molecule has 0 saturated carbocycles. The van der Waals surface area contributed by atoms with E-state index in [1.54, 1.807) is 24.3 Å². The molecule has 0 bridgehead atoms. The third-order valence-electron chi connectivity index (χ3n) is 4.60. The second kappa shape index (κ2) is 10.9. The lowest BCUT2D eigenvalue weighted by molar-refractivity contribution is -0.129. The molecule has 3 rings (SSSR count). The topological polar surface area (TPSA) is 94.2 Å². The smallest absolute Gasteiger partial charge is 0.294 e. The number of carbonyl (C=O) groups excluding carboxylic acids is 3. The number of thioether (sulfide) groups is 1. The van der Waals surface area contributed by atoms with Crippen molar-refractivity contribution in [1.29, 1.82) is 0 Å². The Kier molecular flexibility index (Phi) is 7.98. The van der Waals surface area contributed by atoms with Crippen LogP contribution in [0.2, 0.25) is 0 Å². The quantitative estimate of drug-likeness (QED) is 0.462. The Morgan fingerprint density at radius 1 is 1.39 bits per heavy atom. The Hall–Kier alpha value is -2.96. The van der Waals surface area contributed by atoms with Crippen molar-refractivity contribution in [2.24, 2.45) is 0 Å². The van der Waals surface area contributed by atoms with Gasteiger partial charge in [0.05, 0.1) is 17.6 Å². The summed E-state index contributed by atoms with van der Waals surface area (Å²) >= 11 is 0.795. The Labute approximate surface area is 185 Å². The first-order valence-corrected chi connectivity index (χ1v) is 10.8. The van der Waals surface area contributed by atoms with Crippen LogP contribution in [0.1, 0.15) is 25.3 Å². The number of nitrogens with one attached hydrogen (secondary N) is 1. The number of terminal acetylenes is 1. The lowest BCUT2D eigenvalue weighted by atomic mass is 10.2. The maximum absolute atomic E-state index is 12.7. The van der Waals surface area contributed by atoms with E-state index in [1.807, 2.05) is 6.92 Å². The first-order chi connectivity index (χ1) is 15.0. The number of carbonyl (C=O) groups is 3. The zero-order valence-corrected chi connectivity index (χ0v) is 18.0. The molecule has 0 unspecified atom stereocenters. The van der Waals surface area contributed by atoms with Gasteiger partial charge in [-0.25, -0.2) is 0 Å². The predicted octanol–water partition coefficient (Wildman–Crippen LogP) is 2.43. The zero-order chi connectivity index (χ0) is 22.2. The van der Waals surface area contributed by atoms with E-state index in [2.05, 4.69) is 11.2 Å². The molecule has 0 aliphatic carbocycles.